The molecule has 2 rings (SSSR count). The van der Waals surface area contributed by atoms with Crippen LogP contribution in [-0.2, 0) is 16.4 Å². The van der Waals surface area contributed by atoms with Gasteiger partial charge in [-0.05, 0) is 39.3 Å². The molecule has 5 nitrogen and oxygen atoms in total. The molecular formula is C12H16N2O3S3. The molecule has 1 atom stereocenters. The molecule has 110 valence electrons. The molecule has 0 saturated carbocycles. The molecule has 0 aromatic carbocycles. The van der Waals surface area contributed by atoms with Gasteiger partial charge in [0.25, 0.3) is 10.0 Å². The van der Waals surface area contributed by atoms with Crippen LogP contribution in [0.5, 0.6) is 0 Å². The summed E-state index contributed by atoms with van der Waals surface area (Å²) in [4.78, 5) is 15.7. The first-order chi connectivity index (χ1) is 9.28. The molecule has 0 spiro atoms. The Balaban J connectivity index is 2.12. The van der Waals surface area contributed by atoms with Crippen LogP contribution < -0.4 is 9.60 Å². The average molecular weight is 332 g/mol. The van der Waals surface area contributed by atoms with Gasteiger partial charge in [-0.25, -0.2) is 13.1 Å². The Morgan fingerprint density at radius 1 is 1.30 bits per heavy atom. The van der Waals surface area contributed by atoms with E-state index < -0.39 is 10.0 Å². The molecule has 0 aliphatic heterocycles. The van der Waals surface area contributed by atoms with Crippen molar-refractivity contribution in [2.75, 3.05) is 0 Å². The Bertz CT molecular complexity index is 755. The molecule has 0 bridgehead atoms. The van der Waals surface area contributed by atoms with Gasteiger partial charge < -0.3 is 4.98 Å². The lowest BCUT2D eigenvalue weighted by Crippen LogP contribution is -2.33. The number of thiophene rings is 1. The maximum absolute atomic E-state index is 12.2. The molecule has 0 aliphatic rings. The third-order valence-corrected chi connectivity index (χ3v) is 6.90. The van der Waals surface area contributed by atoms with E-state index in [1.165, 1.54) is 4.88 Å². The number of H-pyrrole nitrogens is 1. The third-order valence-electron chi connectivity index (χ3n) is 2.68. The van der Waals surface area contributed by atoms with E-state index in [1.54, 1.807) is 18.3 Å². The Morgan fingerprint density at radius 2 is 2.00 bits per heavy atom. The highest BCUT2D eigenvalue weighted by molar-refractivity contribution is 7.91. The standard InChI is InChI=1S/C12H16N2O3S3/c1-7(6-10-5-4-8(2)18-10)14-20(16,17)11-9(3)13-12(15)19-11/h4-5,7,14H,6H2,1-3H3,(H,13,15). The van der Waals surface area contributed by atoms with Crippen molar-refractivity contribution in [3.05, 3.63) is 37.2 Å². The van der Waals surface area contributed by atoms with Crippen molar-refractivity contribution in [3.63, 3.8) is 0 Å². The van der Waals surface area contributed by atoms with Crippen LogP contribution in [-0.4, -0.2) is 19.4 Å². The molecule has 2 N–H and O–H groups in total. The summed E-state index contributed by atoms with van der Waals surface area (Å²) in [6.07, 6.45) is 0.635. The lowest BCUT2D eigenvalue weighted by molar-refractivity contribution is 0.562. The molecule has 2 heterocycles. The summed E-state index contributed by atoms with van der Waals surface area (Å²) in [5, 5.41) is 0. The van der Waals surface area contributed by atoms with Crippen LogP contribution in [0, 0.1) is 13.8 Å². The second-order valence-electron chi connectivity index (χ2n) is 4.67. The van der Waals surface area contributed by atoms with Crippen LogP contribution >= 0.6 is 22.7 Å². The quantitative estimate of drug-likeness (QED) is 0.879. The predicted molar refractivity (Wildman–Crippen MR) is 82.2 cm³/mol. The number of aromatic nitrogens is 1. The van der Waals surface area contributed by atoms with Crippen LogP contribution in [0.15, 0.2) is 21.1 Å². The summed E-state index contributed by atoms with van der Waals surface area (Å²) < 4.78 is 27.1. The molecule has 1 unspecified atom stereocenters. The number of aryl methyl sites for hydroxylation is 2. The Kier molecular flexibility index (Phi) is 4.48. The van der Waals surface area contributed by atoms with Gasteiger partial charge in [0, 0.05) is 21.5 Å². The van der Waals surface area contributed by atoms with Gasteiger partial charge in [-0.2, -0.15) is 0 Å². The van der Waals surface area contributed by atoms with E-state index in [9.17, 15) is 13.2 Å². The predicted octanol–water partition coefficient (Wildman–Crippen LogP) is 2.02. The molecule has 8 heteroatoms. The van der Waals surface area contributed by atoms with Crippen molar-refractivity contribution in [3.8, 4) is 0 Å². The van der Waals surface area contributed by atoms with E-state index in [-0.39, 0.29) is 15.1 Å². The van der Waals surface area contributed by atoms with Gasteiger partial charge in [-0.3, -0.25) is 4.79 Å². The average Bonchev–Trinajstić information content (AvgIpc) is 2.84. The summed E-state index contributed by atoms with van der Waals surface area (Å²) in [7, 11) is -3.64. The number of rotatable bonds is 5. The second-order valence-corrected chi connectivity index (χ2v) is 8.93. The summed E-state index contributed by atoms with van der Waals surface area (Å²) in [6.45, 7) is 5.42. The summed E-state index contributed by atoms with van der Waals surface area (Å²) in [5.41, 5.74) is 0.381. The van der Waals surface area contributed by atoms with Crippen molar-refractivity contribution in [1.29, 1.82) is 0 Å². The van der Waals surface area contributed by atoms with Crippen molar-refractivity contribution >= 4 is 32.7 Å². The minimum Gasteiger partial charge on any atom is -0.315 e. The number of sulfonamides is 1. The number of nitrogens with one attached hydrogen (secondary N) is 2. The van der Waals surface area contributed by atoms with Gasteiger partial charge in [-0.1, -0.05) is 11.3 Å². The first-order valence-electron chi connectivity index (χ1n) is 6.05. The van der Waals surface area contributed by atoms with Gasteiger partial charge in [0.15, 0.2) is 4.21 Å². The minimum absolute atomic E-state index is 0.0664. The molecular weight excluding hydrogens is 316 g/mol. The maximum Gasteiger partial charge on any atom is 0.305 e. The largest absolute Gasteiger partial charge is 0.315 e. The second kappa shape index (κ2) is 5.80. The summed E-state index contributed by atoms with van der Waals surface area (Å²) in [5.74, 6) is 0. The van der Waals surface area contributed by atoms with Crippen LogP contribution in [0.25, 0.3) is 0 Å². The molecule has 0 fully saturated rings. The zero-order valence-electron chi connectivity index (χ0n) is 11.4. The highest BCUT2D eigenvalue weighted by Gasteiger charge is 2.22. The lowest BCUT2D eigenvalue weighted by atomic mass is 10.2. The first-order valence-corrected chi connectivity index (χ1v) is 9.17. The van der Waals surface area contributed by atoms with Gasteiger partial charge >= 0.3 is 4.87 Å². The first kappa shape index (κ1) is 15.4. The van der Waals surface area contributed by atoms with E-state index in [2.05, 4.69) is 9.71 Å². The monoisotopic (exact) mass is 332 g/mol. The van der Waals surface area contributed by atoms with Gasteiger partial charge in [-0.15, -0.1) is 11.3 Å². The van der Waals surface area contributed by atoms with Crippen LogP contribution in [0.1, 0.15) is 22.4 Å². The summed E-state index contributed by atoms with van der Waals surface area (Å²) >= 11 is 2.37. The molecule has 2 aromatic heterocycles. The van der Waals surface area contributed by atoms with Gasteiger partial charge in [0.1, 0.15) is 0 Å². The normalized spacial score (nSPS) is 13.6. The van der Waals surface area contributed by atoms with Crippen molar-refractivity contribution < 1.29 is 8.42 Å². The fourth-order valence-electron chi connectivity index (χ4n) is 1.90. The minimum atomic E-state index is -3.64. The molecule has 0 saturated heterocycles. The van der Waals surface area contributed by atoms with E-state index in [0.29, 0.717) is 23.5 Å². The highest BCUT2D eigenvalue weighted by atomic mass is 32.2. The topological polar surface area (TPSA) is 79.0 Å². The van der Waals surface area contributed by atoms with E-state index >= 15 is 0 Å². The van der Waals surface area contributed by atoms with Crippen molar-refractivity contribution in [2.45, 2.75) is 37.4 Å². The zero-order valence-corrected chi connectivity index (χ0v) is 13.8. The van der Waals surface area contributed by atoms with Crippen LogP contribution in [0.3, 0.4) is 0 Å². The zero-order chi connectivity index (χ0) is 14.9. The van der Waals surface area contributed by atoms with Gasteiger partial charge in [0.2, 0.25) is 0 Å². The van der Waals surface area contributed by atoms with Gasteiger partial charge in [0.05, 0.1) is 0 Å². The maximum atomic E-state index is 12.2. The van der Waals surface area contributed by atoms with E-state index in [1.807, 2.05) is 26.0 Å². The smallest absolute Gasteiger partial charge is 0.305 e. The number of thiazole rings is 1. The third kappa shape index (κ3) is 3.57. The Morgan fingerprint density at radius 3 is 2.50 bits per heavy atom. The van der Waals surface area contributed by atoms with Crippen molar-refractivity contribution in [1.82, 2.24) is 9.71 Å². The molecule has 20 heavy (non-hydrogen) atoms. The highest BCUT2D eigenvalue weighted by Crippen LogP contribution is 2.19. The number of hydrogen-bond acceptors (Lipinski definition) is 5. The number of hydrogen-bond donors (Lipinski definition) is 2. The molecule has 0 amide bonds. The molecule has 2 aromatic rings. The summed E-state index contributed by atoms with van der Waals surface area (Å²) in [6, 6.07) is 3.79. The van der Waals surface area contributed by atoms with Crippen LogP contribution in [0.2, 0.25) is 0 Å². The number of aromatic amines is 1. The Hall–Kier alpha value is -0.960. The van der Waals surface area contributed by atoms with E-state index in [0.717, 1.165) is 4.88 Å². The Labute approximate surface area is 125 Å². The fourth-order valence-corrected chi connectivity index (χ4v) is 5.48. The fraction of sp³-hybridized carbons (Fsp3) is 0.417. The molecule has 0 aliphatic carbocycles. The molecule has 0 radical (unpaired) electrons. The van der Waals surface area contributed by atoms with E-state index in [4.69, 9.17) is 0 Å². The van der Waals surface area contributed by atoms with Crippen molar-refractivity contribution in [2.24, 2.45) is 0 Å². The SMILES string of the molecule is Cc1ccc(CC(C)NS(=O)(=O)c2sc(=O)[nH]c2C)s1. The lowest BCUT2D eigenvalue weighted by Gasteiger charge is -2.12. The van der Waals surface area contributed by atoms with Crippen LogP contribution in [0.4, 0.5) is 0 Å².